The molecule has 0 bridgehead atoms. The van der Waals surface area contributed by atoms with Gasteiger partial charge in [-0.05, 0) is 37.1 Å². The van der Waals surface area contributed by atoms with Gasteiger partial charge < -0.3 is 10.1 Å². The molecule has 0 radical (unpaired) electrons. The molecule has 5 heteroatoms. The fourth-order valence-electron chi connectivity index (χ4n) is 1.97. The highest BCUT2D eigenvalue weighted by Crippen LogP contribution is 2.20. The fraction of sp³-hybridized carbons (Fsp3) is 0.462. The van der Waals surface area contributed by atoms with Gasteiger partial charge in [0, 0.05) is 5.69 Å². The zero-order chi connectivity index (χ0) is 12.8. The maximum atomic E-state index is 11.5. The second kappa shape index (κ2) is 6.26. The summed E-state index contributed by atoms with van der Waals surface area (Å²) in [5, 5.41) is 2.69. The van der Waals surface area contributed by atoms with Gasteiger partial charge in [0.15, 0.2) is 0 Å². The molecule has 0 unspecified atom stereocenters. The molecule has 0 aromatic heterocycles. The third kappa shape index (κ3) is 3.63. The van der Waals surface area contributed by atoms with Crippen molar-refractivity contribution in [3.05, 3.63) is 24.3 Å². The van der Waals surface area contributed by atoms with Crippen molar-refractivity contribution in [1.82, 2.24) is 5.48 Å². The highest BCUT2D eigenvalue weighted by atomic mass is 16.7. The summed E-state index contributed by atoms with van der Waals surface area (Å²) in [6.07, 6.45) is 4.54. The number of ether oxygens (including phenoxy) is 1. The van der Waals surface area contributed by atoms with Crippen molar-refractivity contribution in [2.45, 2.75) is 31.8 Å². The van der Waals surface area contributed by atoms with Gasteiger partial charge in [0.05, 0.1) is 13.2 Å². The Kier molecular flexibility index (Phi) is 4.41. The van der Waals surface area contributed by atoms with E-state index in [1.165, 1.54) is 12.8 Å². The van der Waals surface area contributed by atoms with E-state index < -0.39 is 0 Å². The van der Waals surface area contributed by atoms with Crippen LogP contribution >= 0.6 is 0 Å². The first-order chi connectivity index (χ1) is 8.78. The number of carbonyl (C=O) groups is 1. The van der Waals surface area contributed by atoms with Gasteiger partial charge in [-0.15, -0.1) is 0 Å². The lowest BCUT2D eigenvalue weighted by atomic mass is 10.3. The van der Waals surface area contributed by atoms with Crippen LogP contribution in [-0.2, 0) is 4.84 Å². The Balaban J connectivity index is 1.75. The number of rotatable bonds is 4. The molecule has 5 nitrogen and oxygen atoms in total. The summed E-state index contributed by atoms with van der Waals surface area (Å²) in [7, 11) is 1.60. The molecule has 0 atom stereocenters. The molecule has 1 aromatic rings. The summed E-state index contributed by atoms with van der Waals surface area (Å²) in [5.74, 6) is 0.753. The Bertz CT molecular complexity index is 386. The topological polar surface area (TPSA) is 59.6 Å². The summed E-state index contributed by atoms with van der Waals surface area (Å²) in [5.41, 5.74) is 3.12. The van der Waals surface area contributed by atoms with E-state index in [4.69, 9.17) is 9.57 Å². The third-order valence-corrected chi connectivity index (χ3v) is 2.97. The standard InChI is InChI=1S/C13H18N2O3/c1-17-11-8-6-10(7-9-11)14-13(16)15-18-12-4-2-3-5-12/h6-9,12H,2-5H2,1H3,(H2,14,15,16). The van der Waals surface area contributed by atoms with Crippen LogP contribution in [0, 0.1) is 0 Å². The lowest BCUT2D eigenvalue weighted by Crippen LogP contribution is -2.32. The van der Waals surface area contributed by atoms with Crippen LogP contribution < -0.4 is 15.5 Å². The SMILES string of the molecule is COc1ccc(NC(=O)NOC2CCCC2)cc1. The average molecular weight is 250 g/mol. The Labute approximate surface area is 106 Å². The van der Waals surface area contributed by atoms with Gasteiger partial charge in [-0.25, -0.2) is 10.3 Å². The summed E-state index contributed by atoms with van der Waals surface area (Å²) >= 11 is 0. The summed E-state index contributed by atoms with van der Waals surface area (Å²) < 4.78 is 5.04. The van der Waals surface area contributed by atoms with E-state index in [9.17, 15) is 4.79 Å². The van der Waals surface area contributed by atoms with Crippen molar-refractivity contribution < 1.29 is 14.4 Å². The van der Waals surface area contributed by atoms with E-state index in [2.05, 4.69) is 10.8 Å². The smallest absolute Gasteiger partial charge is 0.343 e. The average Bonchev–Trinajstić information content (AvgIpc) is 2.90. The van der Waals surface area contributed by atoms with Gasteiger partial charge in [-0.1, -0.05) is 12.8 Å². The molecule has 1 saturated carbocycles. The molecule has 1 aliphatic carbocycles. The molecule has 2 rings (SSSR count). The minimum Gasteiger partial charge on any atom is -0.497 e. The first kappa shape index (κ1) is 12.7. The number of urea groups is 1. The molecule has 18 heavy (non-hydrogen) atoms. The second-order valence-corrected chi connectivity index (χ2v) is 4.31. The number of anilines is 1. The summed E-state index contributed by atoms with van der Waals surface area (Å²) in [6.45, 7) is 0. The number of methoxy groups -OCH3 is 1. The molecule has 0 spiro atoms. The number of benzene rings is 1. The first-order valence-corrected chi connectivity index (χ1v) is 6.14. The van der Waals surface area contributed by atoms with Crippen LogP contribution in [0.2, 0.25) is 0 Å². The molecule has 0 heterocycles. The zero-order valence-electron chi connectivity index (χ0n) is 10.4. The van der Waals surface area contributed by atoms with Crippen LogP contribution in [0.4, 0.5) is 10.5 Å². The van der Waals surface area contributed by atoms with Gasteiger partial charge in [-0.2, -0.15) is 0 Å². The number of hydrogen-bond donors (Lipinski definition) is 2. The number of carbonyl (C=O) groups excluding carboxylic acids is 1. The Morgan fingerprint density at radius 2 is 1.89 bits per heavy atom. The molecule has 0 aliphatic heterocycles. The van der Waals surface area contributed by atoms with Crippen molar-refractivity contribution in [3.63, 3.8) is 0 Å². The van der Waals surface area contributed by atoms with E-state index in [0.717, 1.165) is 18.6 Å². The third-order valence-electron chi connectivity index (χ3n) is 2.97. The molecular formula is C13H18N2O3. The van der Waals surface area contributed by atoms with E-state index in [-0.39, 0.29) is 12.1 Å². The number of amides is 2. The predicted molar refractivity (Wildman–Crippen MR) is 68.5 cm³/mol. The maximum Gasteiger partial charge on any atom is 0.343 e. The van der Waals surface area contributed by atoms with Gasteiger partial charge >= 0.3 is 6.03 Å². The number of hydrogen-bond acceptors (Lipinski definition) is 3. The lowest BCUT2D eigenvalue weighted by molar-refractivity contribution is 0.00336. The minimum absolute atomic E-state index is 0.159. The van der Waals surface area contributed by atoms with Crippen molar-refractivity contribution in [2.75, 3.05) is 12.4 Å². The zero-order valence-corrected chi connectivity index (χ0v) is 10.4. The molecule has 1 aliphatic rings. The molecule has 1 aromatic carbocycles. The van der Waals surface area contributed by atoms with Gasteiger partial charge in [0.25, 0.3) is 0 Å². The van der Waals surface area contributed by atoms with Gasteiger partial charge in [0.2, 0.25) is 0 Å². The summed E-state index contributed by atoms with van der Waals surface area (Å²) in [4.78, 5) is 16.8. The molecule has 2 amide bonds. The second-order valence-electron chi connectivity index (χ2n) is 4.31. The van der Waals surface area contributed by atoms with E-state index in [1.807, 2.05) is 0 Å². The van der Waals surface area contributed by atoms with E-state index in [1.54, 1.807) is 31.4 Å². The minimum atomic E-state index is -0.355. The number of nitrogens with one attached hydrogen (secondary N) is 2. The van der Waals surface area contributed by atoms with Crippen LogP contribution in [0.25, 0.3) is 0 Å². The lowest BCUT2D eigenvalue weighted by Gasteiger charge is -2.12. The quantitative estimate of drug-likeness (QED) is 0.808. The van der Waals surface area contributed by atoms with Crippen LogP contribution in [0.5, 0.6) is 5.75 Å². The van der Waals surface area contributed by atoms with Crippen molar-refractivity contribution in [1.29, 1.82) is 0 Å². The molecule has 0 saturated heterocycles. The highest BCUT2D eigenvalue weighted by Gasteiger charge is 2.16. The maximum absolute atomic E-state index is 11.5. The van der Waals surface area contributed by atoms with Crippen LogP contribution in [0.1, 0.15) is 25.7 Å². The normalized spacial score (nSPS) is 15.4. The molecular weight excluding hydrogens is 232 g/mol. The van der Waals surface area contributed by atoms with Crippen LogP contribution in [0.15, 0.2) is 24.3 Å². The van der Waals surface area contributed by atoms with Crippen molar-refractivity contribution >= 4 is 11.7 Å². The molecule has 98 valence electrons. The van der Waals surface area contributed by atoms with Crippen molar-refractivity contribution in [2.24, 2.45) is 0 Å². The van der Waals surface area contributed by atoms with Crippen LogP contribution in [0.3, 0.4) is 0 Å². The largest absolute Gasteiger partial charge is 0.497 e. The van der Waals surface area contributed by atoms with Gasteiger partial charge in [0.1, 0.15) is 5.75 Å². The fourth-order valence-corrected chi connectivity index (χ4v) is 1.97. The number of hydroxylamine groups is 1. The van der Waals surface area contributed by atoms with Gasteiger partial charge in [-0.3, -0.25) is 4.84 Å². The Morgan fingerprint density at radius 3 is 2.50 bits per heavy atom. The monoisotopic (exact) mass is 250 g/mol. The predicted octanol–water partition coefficient (Wildman–Crippen LogP) is 2.69. The molecule has 1 fully saturated rings. The first-order valence-electron chi connectivity index (χ1n) is 6.14. The van der Waals surface area contributed by atoms with Crippen LogP contribution in [-0.4, -0.2) is 19.2 Å². The Hall–Kier alpha value is -1.75. The molecule has 2 N–H and O–H groups in total. The van der Waals surface area contributed by atoms with E-state index in [0.29, 0.717) is 5.69 Å². The van der Waals surface area contributed by atoms with Crippen molar-refractivity contribution in [3.8, 4) is 5.75 Å². The Morgan fingerprint density at radius 1 is 1.22 bits per heavy atom. The highest BCUT2D eigenvalue weighted by molar-refractivity contribution is 5.88. The summed E-state index contributed by atoms with van der Waals surface area (Å²) in [6, 6.07) is 6.76. The van der Waals surface area contributed by atoms with E-state index >= 15 is 0 Å².